The number of hydrogen-bond acceptors (Lipinski definition) is 2. The fourth-order valence-electron chi connectivity index (χ4n) is 6.26. The van der Waals surface area contributed by atoms with Gasteiger partial charge in [-0.15, -0.1) is 0 Å². The fraction of sp³-hybridized carbons (Fsp3) is 0.619. The van der Waals surface area contributed by atoms with Crippen molar-refractivity contribution in [2.75, 3.05) is 0 Å². The fourth-order valence-corrected chi connectivity index (χ4v) is 6.58. The lowest BCUT2D eigenvalue weighted by molar-refractivity contribution is -0.133. The molecule has 0 aromatic carbocycles. The van der Waals surface area contributed by atoms with Crippen LogP contribution in [0.25, 0.3) is 0 Å². The Hall–Kier alpha value is -1.22. The van der Waals surface area contributed by atoms with Crippen LogP contribution in [0.1, 0.15) is 46.5 Å². The summed E-state index contributed by atoms with van der Waals surface area (Å²) in [4.78, 5) is 24.7. The average Bonchev–Trinajstić information content (AvgIpc) is 2.79. The molecule has 0 bridgehead atoms. The van der Waals surface area contributed by atoms with Crippen molar-refractivity contribution in [3.8, 4) is 0 Å². The predicted molar refractivity (Wildman–Crippen MR) is 95.8 cm³/mol. The van der Waals surface area contributed by atoms with Crippen LogP contribution in [0.3, 0.4) is 0 Å². The smallest absolute Gasteiger partial charge is 0.197 e. The Balaban J connectivity index is 1.84. The molecular weight excluding hydrogens is 339 g/mol. The van der Waals surface area contributed by atoms with Crippen molar-refractivity contribution in [2.24, 2.45) is 28.6 Å². The molecule has 134 valence electrons. The molecule has 25 heavy (non-hydrogen) atoms. The van der Waals surface area contributed by atoms with Gasteiger partial charge in [-0.05, 0) is 62.0 Å². The number of Topliss-reactive ketones (excluding diaryl/α,β-unsaturated/α-hetero) is 1. The van der Waals surface area contributed by atoms with E-state index < -0.39 is 11.6 Å². The van der Waals surface area contributed by atoms with Gasteiger partial charge in [-0.3, -0.25) is 9.59 Å². The van der Waals surface area contributed by atoms with E-state index in [1.165, 1.54) is 0 Å². The van der Waals surface area contributed by atoms with Gasteiger partial charge in [-0.2, -0.15) is 0 Å². The van der Waals surface area contributed by atoms with Gasteiger partial charge >= 0.3 is 0 Å². The lowest BCUT2D eigenvalue weighted by Crippen LogP contribution is -2.51. The summed E-state index contributed by atoms with van der Waals surface area (Å²) in [7, 11) is 0. The standard InChI is InChI=1S/C21H24ClFO2/c1-10-7-14-18(22)16(24)8-11(2)21(14,4)12-5-6-20(3)13(17(10)12)9-15(23)19(20)25/h8,12-13,15,17H,1,5-7,9H2,2-4H3/t12-,13-,15?,17+,20-,21+/m0/s1. The van der Waals surface area contributed by atoms with Crippen molar-refractivity contribution in [2.45, 2.75) is 52.6 Å². The number of fused-ring (bicyclic) bond motifs is 5. The van der Waals surface area contributed by atoms with E-state index in [9.17, 15) is 14.0 Å². The van der Waals surface area contributed by atoms with Crippen molar-refractivity contribution >= 4 is 23.2 Å². The van der Waals surface area contributed by atoms with Gasteiger partial charge in [0, 0.05) is 10.8 Å². The third kappa shape index (κ3) is 1.96. The number of ketones is 2. The Morgan fingerprint density at radius 1 is 1.28 bits per heavy atom. The summed E-state index contributed by atoms with van der Waals surface area (Å²) in [5.41, 5.74) is 2.14. The van der Waals surface area contributed by atoms with E-state index in [0.717, 1.165) is 23.1 Å². The Morgan fingerprint density at radius 3 is 2.64 bits per heavy atom. The maximum atomic E-state index is 14.3. The molecule has 0 amide bonds. The summed E-state index contributed by atoms with van der Waals surface area (Å²) in [6.07, 6.45) is 2.72. The molecule has 1 unspecified atom stereocenters. The highest BCUT2D eigenvalue weighted by Crippen LogP contribution is 2.66. The van der Waals surface area contributed by atoms with Gasteiger partial charge in [-0.25, -0.2) is 4.39 Å². The van der Waals surface area contributed by atoms with Crippen molar-refractivity contribution in [1.29, 1.82) is 0 Å². The monoisotopic (exact) mass is 362 g/mol. The molecule has 0 aromatic heterocycles. The van der Waals surface area contributed by atoms with Crippen molar-refractivity contribution < 1.29 is 14.0 Å². The molecular formula is C21H24ClFO2. The molecule has 3 saturated carbocycles. The number of halogens is 2. The van der Waals surface area contributed by atoms with Crippen LogP contribution >= 0.6 is 11.6 Å². The summed E-state index contributed by atoms with van der Waals surface area (Å²) in [6.45, 7) is 10.4. The summed E-state index contributed by atoms with van der Waals surface area (Å²) in [5, 5.41) is 0.326. The van der Waals surface area contributed by atoms with Gasteiger partial charge < -0.3 is 0 Å². The molecule has 0 saturated heterocycles. The first-order valence-corrected chi connectivity index (χ1v) is 9.48. The van der Waals surface area contributed by atoms with Crippen LogP contribution in [0.4, 0.5) is 4.39 Å². The molecule has 0 aliphatic heterocycles. The summed E-state index contributed by atoms with van der Waals surface area (Å²) in [5.74, 6) is -0.0159. The summed E-state index contributed by atoms with van der Waals surface area (Å²) < 4.78 is 14.3. The van der Waals surface area contributed by atoms with E-state index in [0.29, 0.717) is 24.3 Å². The van der Waals surface area contributed by atoms with E-state index in [2.05, 4.69) is 13.5 Å². The molecule has 6 atom stereocenters. The van der Waals surface area contributed by atoms with Gasteiger partial charge in [0.2, 0.25) is 0 Å². The van der Waals surface area contributed by atoms with E-state index in [-0.39, 0.29) is 34.7 Å². The van der Waals surface area contributed by atoms with Crippen LogP contribution < -0.4 is 0 Å². The van der Waals surface area contributed by atoms with Crippen LogP contribution in [-0.4, -0.2) is 17.7 Å². The van der Waals surface area contributed by atoms with Gasteiger partial charge in [0.25, 0.3) is 0 Å². The van der Waals surface area contributed by atoms with Crippen LogP contribution in [0.15, 0.2) is 34.4 Å². The second kappa shape index (κ2) is 5.16. The highest BCUT2D eigenvalue weighted by atomic mass is 35.5. The van der Waals surface area contributed by atoms with Gasteiger partial charge in [0.15, 0.2) is 17.7 Å². The van der Waals surface area contributed by atoms with Crippen LogP contribution in [0.5, 0.6) is 0 Å². The number of carbonyl (C=O) groups excluding carboxylic acids is 2. The lowest BCUT2D eigenvalue weighted by Gasteiger charge is -2.57. The van der Waals surface area contributed by atoms with E-state index in [1.807, 2.05) is 13.8 Å². The first-order valence-electron chi connectivity index (χ1n) is 9.10. The zero-order chi connectivity index (χ0) is 18.3. The topological polar surface area (TPSA) is 34.1 Å². The second-order valence-electron chi connectivity index (χ2n) is 8.78. The second-order valence-corrected chi connectivity index (χ2v) is 9.16. The minimum absolute atomic E-state index is 0.00354. The first kappa shape index (κ1) is 17.2. The number of hydrogen-bond donors (Lipinski definition) is 0. The third-order valence-corrected chi connectivity index (χ3v) is 8.27. The Morgan fingerprint density at radius 2 is 1.96 bits per heavy atom. The quantitative estimate of drug-likeness (QED) is 0.572. The minimum Gasteiger partial charge on any atom is -0.296 e. The highest BCUT2D eigenvalue weighted by Gasteiger charge is 2.63. The van der Waals surface area contributed by atoms with Gasteiger partial charge in [0.05, 0.1) is 5.03 Å². The molecule has 2 nitrogen and oxygen atoms in total. The van der Waals surface area contributed by atoms with Crippen LogP contribution in [0.2, 0.25) is 0 Å². The average molecular weight is 363 g/mol. The Labute approximate surface area is 153 Å². The summed E-state index contributed by atoms with van der Waals surface area (Å²) in [6, 6.07) is 0. The maximum Gasteiger partial charge on any atom is 0.197 e. The molecule has 0 spiro atoms. The SMILES string of the molecule is C=C1CC2=C(Cl)C(=O)C=C(C)[C@]2(C)[C@H]2CC[C@]3(C)C(=O)C(F)C[C@H]3[C@H]12. The van der Waals surface area contributed by atoms with E-state index in [4.69, 9.17) is 11.6 Å². The van der Waals surface area contributed by atoms with Crippen LogP contribution in [-0.2, 0) is 9.59 Å². The zero-order valence-corrected chi connectivity index (χ0v) is 15.8. The Kier molecular flexibility index (Phi) is 3.55. The minimum atomic E-state index is -1.35. The van der Waals surface area contributed by atoms with Crippen molar-refractivity contribution in [3.63, 3.8) is 0 Å². The third-order valence-electron chi connectivity index (χ3n) is 7.86. The normalized spacial score (nSPS) is 46.6. The van der Waals surface area contributed by atoms with Crippen molar-refractivity contribution in [1.82, 2.24) is 0 Å². The maximum absolute atomic E-state index is 14.3. The zero-order valence-electron chi connectivity index (χ0n) is 15.0. The molecule has 0 aromatic rings. The van der Waals surface area contributed by atoms with E-state index in [1.54, 1.807) is 6.08 Å². The predicted octanol–water partition coefficient (Wildman–Crippen LogP) is 4.93. The molecule has 0 radical (unpaired) electrons. The highest BCUT2D eigenvalue weighted by molar-refractivity contribution is 6.45. The van der Waals surface area contributed by atoms with Gasteiger partial charge in [0.1, 0.15) is 0 Å². The van der Waals surface area contributed by atoms with Crippen LogP contribution in [0, 0.1) is 28.6 Å². The lowest BCUT2D eigenvalue weighted by atomic mass is 9.46. The number of alkyl halides is 1. The molecule has 4 aliphatic rings. The Bertz CT molecular complexity index is 779. The molecule has 4 rings (SSSR count). The molecule has 4 aliphatic carbocycles. The largest absolute Gasteiger partial charge is 0.296 e. The number of rotatable bonds is 0. The molecule has 0 N–H and O–H groups in total. The van der Waals surface area contributed by atoms with Gasteiger partial charge in [-0.1, -0.05) is 43.2 Å². The molecule has 0 heterocycles. The first-order chi connectivity index (χ1) is 11.6. The number of carbonyl (C=O) groups is 2. The summed E-state index contributed by atoms with van der Waals surface area (Å²) >= 11 is 6.41. The van der Waals surface area contributed by atoms with E-state index >= 15 is 0 Å². The number of allylic oxidation sites excluding steroid dienone is 5. The van der Waals surface area contributed by atoms with Crippen molar-refractivity contribution in [3.05, 3.63) is 34.4 Å². The molecule has 3 fully saturated rings. The molecule has 4 heteroatoms.